The highest BCUT2D eigenvalue weighted by Gasteiger charge is 2.25. The lowest BCUT2D eigenvalue weighted by molar-refractivity contribution is -0.120. The van der Waals surface area contributed by atoms with Gasteiger partial charge in [-0.25, -0.2) is 0 Å². The predicted molar refractivity (Wildman–Crippen MR) is 113 cm³/mol. The zero-order valence-corrected chi connectivity index (χ0v) is 16.3. The Balaban J connectivity index is 1.41. The molecule has 144 valence electrons. The van der Waals surface area contributed by atoms with E-state index in [1.807, 2.05) is 43.3 Å². The van der Waals surface area contributed by atoms with E-state index in [-0.39, 0.29) is 11.8 Å². The summed E-state index contributed by atoms with van der Waals surface area (Å²) in [7, 11) is 1.67. The number of benzene rings is 2. The number of rotatable bonds is 4. The van der Waals surface area contributed by atoms with Crippen LogP contribution in [0.25, 0.3) is 10.8 Å². The molecule has 0 aliphatic carbocycles. The van der Waals surface area contributed by atoms with Crippen LogP contribution in [0.3, 0.4) is 0 Å². The third kappa shape index (κ3) is 3.65. The van der Waals surface area contributed by atoms with Crippen LogP contribution in [0.5, 0.6) is 5.75 Å². The van der Waals surface area contributed by atoms with Crippen molar-refractivity contribution in [3.8, 4) is 5.75 Å². The molecule has 1 aromatic heterocycles. The summed E-state index contributed by atoms with van der Waals surface area (Å²) in [6, 6.07) is 16.0. The highest BCUT2D eigenvalue weighted by Crippen LogP contribution is 2.28. The number of nitrogens with one attached hydrogen (secondary N) is 1. The van der Waals surface area contributed by atoms with Crippen LogP contribution < -0.4 is 15.0 Å². The molecule has 3 aromatic rings. The van der Waals surface area contributed by atoms with E-state index >= 15 is 0 Å². The maximum atomic E-state index is 12.9. The molecule has 28 heavy (non-hydrogen) atoms. The van der Waals surface area contributed by atoms with Crippen molar-refractivity contribution in [3.05, 3.63) is 60.4 Å². The van der Waals surface area contributed by atoms with Crippen LogP contribution in [-0.4, -0.2) is 31.1 Å². The minimum Gasteiger partial charge on any atom is -0.497 e. The lowest BCUT2D eigenvalue weighted by Crippen LogP contribution is -2.38. The fourth-order valence-electron chi connectivity index (χ4n) is 3.89. The van der Waals surface area contributed by atoms with Gasteiger partial charge in [0.2, 0.25) is 5.91 Å². The molecule has 5 heteroatoms. The first-order valence-electron chi connectivity index (χ1n) is 9.70. The van der Waals surface area contributed by atoms with Gasteiger partial charge in [0.15, 0.2) is 0 Å². The van der Waals surface area contributed by atoms with Gasteiger partial charge in [-0.3, -0.25) is 9.78 Å². The molecule has 2 heterocycles. The Morgan fingerprint density at radius 1 is 1.07 bits per heavy atom. The number of carbonyl (C=O) groups is 1. The van der Waals surface area contributed by atoms with Gasteiger partial charge in [-0.05, 0) is 56.2 Å². The lowest BCUT2D eigenvalue weighted by Gasteiger charge is -2.33. The van der Waals surface area contributed by atoms with E-state index in [4.69, 9.17) is 4.74 Å². The second-order valence-corrected chi connectivity index (χ2v) is 7.25. The van der Waals surface area contributed by atoms with Gasteiger partial charge < -0.3 is 15.0 Å². The van der Waals surface area contributed by atoms with Crippen LogP contribution in [0, 0.1) is 12.8 Å². The normalized spacial score (nSPS) is 14.9. The van der Waals surface area contributed by atoms with Gasteiger partial charge in [0.25, 0.3) is 0 Å². The van der Waals surface area contributed by atoms with E-state index in [0.29, 0.717) is 0 Å². The first-order valence-corrected chi connectivity index (χ1v) is 9.70. The molecule has 1 amide bonds. The minimum atomic E-state index is 0.0349. The maximum Gasteiger partial charge on any atom is 0.227 e. The first-order chi connectivity index (χ1) is 13.7. The Morgan fingerprint density at radius 2 is 1.82 bits per heavy atom. The highest BCUT2D eigenvalue weighted by atomic mass is 16.5. The molecule has 0 unspecified atom stereocenters. The third-order valence-electron chi connectivity index (χ3n) is 5.57. The zero-order valence-electron chi connectivity index (χ0n) is 16.3. The smallest absolute Gasteiger partial charge is 0.227 e. The number of ether oxygens (including phenoxy) is 1. The van der Waals surface area contributed by atoms with Crippen LogP contribution in [0.4, 0.5) is 11.4 Å². The van der Waals surface area contributed by atoms with Crippen molar-refractivity contribution < 1.29 is 9.53 Å². The molecule has 1 N–H and O–H groups in total. The summed E-state index contributed by atoms with van der Waals surface area (Å²) in [5, 5.41) is 5.27. The Bertz CT molecular complexity index is 977. The fraction of sp³-hybridized carbons (Fsp3) is 0.304. The van der Waals surface area contributed by atoms with E-state index < -0.39 is 0 Å². The van der Waals surface area contributed by atoms with E-state index in [2.05, 4.69) is 27.3 Å². The number of nitrogens with zero attached hydrogens (tertiary/aromatic N) is 2. The van der Waals surface area contributed by atoms with Gasteiger partial charge in [-0.1, -0.05) is 12.1 Å². The summed E-state index contributed by atoms with van der Waals surface area (Å²) >= 11 is 0. The standard InChI is InChI=1S/C23H25N3O2/c1-16-20-4-3-5-22(21(20)10-13-24-16)25-23(27)17-11-14-26(15-12-17)18-6-8-19(28-2)9-7-18/h3-10,13,17H,11-12,14-15H2,1-2H3,(H,25,27). The molecule has 0 atom stereocenters. The van der Waals surface area contributed by atoms with Crippen LogP contribution in [0.15, 0.2) is 54.7 Å². The lowest BCUT2D eigenvalue weighted by atomic mass is 9.95. The minimum absolute atomic E-state index is 0.0349. The third-order valence-corrected chi connectivity index (χ3v) is 5.57. The Hall–Kier alpha value is -3.08. The Labute approximate surface area is 165 Å². The number of anilines is 2. The summed E-state index contributed by atoms with van der Waals surface area (Å²) in [5.41, 5.74) is 3.02. The molecule has 0 spiro atoms. The summed E-state index contributed by atoms with van der Waals surface area (Å²) in [5.74, 6) is 1.00. The number of fused-ring (bicyclic) bond motifs is 1. The predicted octanol–water partition coefficient (Wildman–Crippen LogP) is 4.41. The number of piperidine rings is 1. The fourth-order valence-corrected chi connectivity index (χ4v) is 3.89. The Morgan fingerprint density at radius 3 is 2.54 bits per heavy atom. The summed E-state index contributed by atoms with van der Waals surface area (Å²) in [6.45, 7) is 3.74. The molecule has 2 aromatic carbocycles. The van der Waals surface area contributed by atoms with Crippen molar-refractivity contribution >= 4 is 28.1 Å². The average molecular weight is 375 g/mol. The molecule has 5 nitrogen and oxygen atoms in total. The molecular formula is C23H25N3O2. The number of methoxy groups -OCH3 is 1. The van der Waals surface area contributed by atoms with Gasteiger partial charge in [0.1, 0.15) is 5.75 Å². The number of hydrogen-bond acceptors (Lipinski definition) is 4. The quantitative estimate of drug-likeness (QED) is 0.734. The van der Waals surface area contributed by atoms with Gasteiger partial charge in [0.05, 0.1) is 7.11 Å². The molecule has 1 saturated heterocycles. The molecule has 1 aliphatic rings. The van der Waals surface area contributed by atoms with Gasteiger partial charge >= 0.3 is 0 Å². The number of hydrogen-bond donors (Lipinski definition) is 1. The molecule has 0 saturated carbocycles. The van der Waals surface area contributed by atoms with Crippen molar-refractivity contribution in [2.24, 2.45) is 5.92 Å². The van der Waals surface area contributed by atoms with E-state index in [1.165, 1.54) is 5.69 Å². The molecule has 1 fully saturated rings. The number of aromatic nitrogens is 1. The summed E-state index contributed by atoms with van der Waals surface area (Å²) in [4.78, 5) is 19.5. The van der Waals surface area contributed by atoms with Crippen molar-refractivity contribution in [2.45, 2.75) is 19.8 Å². The van der Waals surface area contributed by atoms with Gasteiger partial charge in [-0.15, -0.1) is 0 Å². The van der Waals surface area contributed by atoms with Gasteiger partial charge in [-0.2, -0.15) is 0 Å². The SMILES string of the molecule is COc1ccc(N2CCC(C(=O)Nc3cccc4c(C)nccc34)CC2)cc1. The van der Waals surface area contributed by atoms with Crippen molar-refractivity contribution in [3.63, 3.8) is 0 Å². The number of aryl methyl sites for hydroxylation is 1. The number of amides is 1. The summed E-state index contributed by atoms with van der Waals surface area (Å²) in [6.07, 6.45) is 3.49. The topological polar surface area (TPSA) is 54.5 Å². The Kier molecular flexibility index (Phi) is 5.15. The molecule has 0 bridgehead atoms. The first kappa shape index (κ1) is 18.3. The monoisotopic (exact) mass is 375 g/mol. The van der Waals surface area contributed by atoms with Gasteiger partial charge in [0, 0.05) is 53.0 Å². The van der Waals surface area contributed by atoms with Crippen molar-refractivity contribution in [2.75, 3.05) is 30.4 Å². The van der Waals surface area contributed by atoms with Crippen molar-refractivity contribution in [1.82, 2.24) is 4.98 Å². The number of pyridine rings is 1. The highest BCUT2D eigenvalue weighted by molar-refractivity contribution is 6.03. The number of carbonyl (C=O) groups excluding carboxylic acids is 1. The van der Waals surface area contributed by atoms with Crippen LogP contribution in [0.2, 0.25) is 0 Å². The van der Waals surface area contributed by atoms with E-state index in [9.17, 15) is 4.79 Å². The molecule has 4 rings (SSSR count). The largest absolute Gasteiger partial charge is 0.497 e. The second-order valence-electron chi connectivity index (χ2n) is 7.25. The van der Waals surface area contributed by atoms with E-state index in [0.717, 1.165) is 53.8 Å². The maximum absolute atomic E-state index is 12.9. The van der Waals surface area contributed by atoms with E-state index in [1.54, 1.807) is 13.3 Å². The van der Waals surface area contributed by atoms with Crippen molar-refractivity contribution in [1.29, 1.82) is 0 Å². The molecule has 0 radical (unpaired) electrons. The second kappa shape index (κ2) is 7.89. The van der Waals surface area contributed by atoms with Crippen LogP contribution >= 0.6 is 0 Å². The average Bonchev–Trinajstić information content (AvgIpc) is 2.75. The zero-order chi connectivity index (χ0) is 19.5. The molecular weight excluding hydrogens is 350 g/mol. The van der Waals surface area contributed by atoms with Crippen LogP contribution in [-0.2, 0) is 4.79 Å². The molecule has 1 aliphatic heterocycles. The van der Waals surface area contributed by atoms with Crippen LogP contribution in [0.1, 0.15) is 18.5 Å². The summed E-state index contributed by atoms with van der Waals surface area (Å²) < 4.78 is 5.22.